The standard InChI is InChI=1S/C14H13FO2/c15-13-6-3-4-11(8-13)10-17-14-7-2-1-5-12(14)9-16/h1-8,16H,9-10H2. The number of hydrogen-bond acceptors (Lipinski definition) is 2. The predicted molar refractivity (Wildman–Crippen MR) is 63.1 cm³/mol. The van der Waals surface area contributed by atoms with Crippen LogP contribution in [0.4, 0.5) is 4.39 Å². The maximum Gasteiger partial charge on any atom is 0.125 e. The fourth-order valence-corrected chi connectivity index (χ4v) is 1.56. The van der Waals surface area contributed by atoms with Crippen molar-refractivity contribution in [3.05, 3.63) is 65.5 Å². The van der Waals surface area contributed by atoms with Crippen LogP contribution in [0.3, 0.4) is 0 Å². The molecular weight excluding hydrogens is 219 g/mol. The third-order valence-corrected chi connectivity index (χ3v) is 2.43. The summed E-state index contributed by atoms with van der Waals surface area (Å²) in [6, 6.07) is 13.5. The lowest BCUT2D eigenvalue weighted by Gasteiger charge is -2.09. The maximum atomic E-state index is 12.9. The van der Waals surface area contributed by atoms with Gasteiger partial charge in [-0.25, -0.2) is 4.39 Å². The molecule has 0 heterocycles. The third-order valence-electron chi connectivity index (χ3n) is 2.43. The molecule has 0 radical (unpaired) electrons. The molecule has 1 N–H and O–H groups in total. The van der Waals surface area contributed by atoms with Gasteiger partial charge in [0.25, 0.3) is 0 Å². The minimum atomic E-state index is -0.276. The first-order valence-corrected chi connectivity index (χ1v) is 5.35. The van der Waals surface area contributed by atoms with Crippen molar-refractivity contribution in [2.75, 3.05) is 0 Å². The highest BCUT2D eigenvalue weighted by atomic mass is 19.1. The Morgan fingerprint density at radius 2 is 1.88 bits per heavy atom. The smallest absolute Gasteiger partial charge is 0.125 e. The molecule has 0 spiro atoms. The van der Waals surface area contributed by atoms with Crippen molar-refractivity contribution >= 4 is 0 Å². The van der Waals surface area contributed by atoms with Gasteiger partial charge in [-0.2, -0.15) is 0 Å². The quantitative estimate of drug-likeness (QED) is 0.878. The van der Waals surface area contributed by atoms with Crippen molar-refractivity contribution in [2.45, 2.75) is 13.2 Å². The number of aliphatic hydroxyl groups excluding tert-OH is 1. The number of para-hydroxylation sites is 1. The maximum absolute atomic E-state index is 12.9. The minimum absolute atomic E-state index is 0.0701. The molecule has 2 aromatic rings. The second-order valence-corrected chi connectivity index (χ2v) is 3.68. The third kappa shape index (κ3) is 3.04. The van der Waals surface area contributed by atoms with Crippen LogP contribution in [0.1, 0.15) is 11.1 Å². The fraction of sp³-hybridized carbons (Fsp3) is 0.143. The first-order valence-electron chi connectivity index (χ1n) is 5.35. The van der Waals surface area contributed by atoms with E-state index in [1.54, 1.807) is 24.3 Å². The highest BCUT2D eigenvalue weighted by Gasteiger charge is 2.02. The van der Waals surface area contributed by atoms with Crippen molar-refractivity contribution in [2.24, 2.45) is 0 Å². The number of halogens is 1. The van der Waals surface area contributed by atoms with E-state index in [9.17, 15) is 4.39 Å². The lowest BCUT2D eigenvalue weighted by molar-refractivity contribution is 0.259. The molecule has 0 aliphatic rings. The van der Waals surface area contributed by atoms with Gasteiger partial charge in [0, 0.05) is 5.56 Å². The monoisotopic (exact) mass is 232 g/mol. The van der Waals surface area contributed by atoms with Crippen LogP contribution in [0.2, 0.25) is 0 Å². The lowest BCUT2D eigenvalue weighted by atomic mass is 10.2. The molecule has 0 aliphatic heterocycles. The second kappa shape index (κ2) is 5.46. The molecule has 2 aromatic carbocycles. The van der Waals surface area contributed by atoms with Gasteiger partial charge in [0.15, 0.2) is 0 Å². The van der Waals surface area contributed by atoms with Gasteiger partial charge in [-0.15, -0.1) is 0 Å². The van der Waals surface area contributed by atoms with E-state index >= 15 is 0 Å². The highest BCUT2D eigenvalue weighted by molar-refractivity contribution is 5.32. The van der Waals surface area contributed by atoms with E-state index in [4.69, 9.17) is 9.84 Å². The molecule has 2 rings (SSSR count). The average Bonchev–Trinajstić information content (AvgIpc) is 2.37. The molecule has 17 heavy (non-hydrogen) atoms. The molecule has 0 aliphatic carbocycles. The Morgan fingerprint density at radius 1 is 1.06 bits per heavy atom. The van der Waals surface area contributed by atoms with E-state index in [-0.39, 0.29) is 19.0 Å². The zero-order valence-corrected chi connectivity index (χ0v) is 9.27. The number of aliphatic hydroxyl groups is 1. The molecule has 0 aromatic heterocycles. The Morgan fingerprint density at radius 3 is 2.65 bits per heavy atom. The van der Waals surface area contributed by atoms with Crippen molar-refractivity contribution < 1.29 is 14.2 Å². The predicted octanol–water partition coefficient (Wildman–Crippen LogP) is 2.90. The van der Waals surface area contributed by atoms with E-state index in [2.05, 4.69) is 0 Å². The SMILES string of the molecule is OCc1ccccc1OCc1cccc(F)c1. The van der Waals surface area contributed by atoms with Crippen molar-refractivity contribution in [1.82, 2.24) is 0 Å². The molecule has 88 valence electrons. The van der Waals surface area contributed by atoms with Gasteiger partial charge in [0.1, 0.15) is 18.2 Å². The summed E-state index contributed by atoms with van der Waals surface area (Å²) >= 11 is 0. The summed E-state index contributed by atoms with van der Waals surface area (Å²) in [5.41, 5.74) is 1.49. The van der Waals surface area contributed by atoms with Crippen LogP contribution in [0.5, 0.6) is 5.75 Å². The summed E-state index contributed by atoms with van der Waals surface area (Å²) in [6.07, 6.45) is 0. The second-order valence-electron chi connectivity index (χ2n) is 3.68. The summed E-state index contributed by atoms with van der Waals surface area (Å²) in [5, 5.41) is 9.12. The normalized spacial score (nSPS) is 10.2. The van der Waals surface area contributed by atoms with Crippen LogP contribution in [0, 0.1) is 5.82 Å². The molecule has 0 unspecified atom stereocenters. The van der Waals surface area contributed by atoms with Crippen molar-refractivity contribution in [3.63, 3.8) is 0 Å². The fourth-order valence-electron chi connectivity index (χ4n) is 1.56. The lowest BCUT2D eigenvalue weighted by Crippen LogP contribution is -1.98. The van der Waals surface area contributed by atoms with Gasteiger partial charge in [-0.05, 0) is 23.8 Å². The molecule has 0 bridgehead atoms. The van der Waals surface area contributed by atoms with E-state index in [1.165, 1.54) is 12.1 Å². The van der Waals surface area contributed by atoms with Crippen molar-refractivity contribution in [1.29, 1.82) is 0 Å². The topological polar surface area (TPSA) is 29.5 Å². The first kappa shape index (κ1) is 11.6. The molecule has 0 saturated carbocycles. The molecule has 0 fully saturated rings. The Balaban J connectivity index is 2.07. The Labute approximate surface area is 99.3 Å². The summed E-state index contributed by atoms with van der Waals surface area (Å²) in [4.78, 5) is 0. The largest absolute Gasteiger partial charge is 0.489 e. The Kier molecular flexibility index (Phi) is 3.73. The van der Waals surface area contributed by atoms with Crippen LogP contribution < -0.4 is 4.74 Å². The van der Waals surface area contributed by atoms with Gasteiger partial charge < -0.3 is 9.84 Å². The van der Waals surface area contributed by atoms with Crippen LogP contribution in [-0.2, 0) is 13.2 Å². The molecule has 0 atom stereocenters. The number of rotatable bonds is 4. The zero-order valence-electron chi connectivity index (χ0n) is 9.27. The summed E-state index contributed by atoms with van der Waals surface area (Å²) in [7, 11) is 0. The van der Waals surface area contributed by atoms with Crippen LogP contribution in [0.15, 0.2) is 48.5 Å². The van der Waals surface area contributed by atoms with Gasteiger partial charge in [-0.1, -0.05) is 30.3 Å². The Hall–Kier alpha value is -1.87. The minimum Gasteiger partial charge on any atom is -0.489 e. The molecule has 2 nitrogen and oxygen atoms in total. The molecule has 0 saturated heterocycles. The first-order chi connectivity index (χ1) is 8.29. The molecular formula is C14H13FO2. The summed E-state index contributed by atoms with van der Waals surface area (Å²) in [6.45, 7) is 0.216. The van der Waals surface area contributed by atoms with Gasteiger partial charge in [0.2, 0.25) is 0 Å². The highest BCUT2D eigenvalue weighted by Crippen LogP contribution is 2.19. The van der Waals surface area contributed by atoms with E-state index in [0.717, 1.165) is 11.1 Å². The summed E-state index contributed by atoms with van der Waals surface area (Å²) < 4.78 is 18.5. The van der Waals surface area contributed by atoms with Crippen molar-refractivity contribution in [3.8, 4) is 5.75 Å². The van der Waals surface area contributed by atoms with E-state index in [0.29, 0.717) is 5.75 Å². The van der Waals surface area contributed by atoms with Gasteiger partial charge >= 0.3 is 0 Å². The number of benzene rings is 2. The van der Waals surface area contributed by atoms with Crippen LogP contribution in [-0.4, -0.2) is 5.11 Å². The van der Waals surface area contributed by atoms with E-state index in [1.807, 2.05) is 12.1 Å². The molecule has 0 amide bonds. The van der Waals surface area contributed by atoms with E-state index < -0.39 is 0 Å². The van der Waals surface area contributed by atoms with Crippen LogP contribution in [0.25, 0.3) is 0 Å². The van der Waals surface area contributed by atoms with Gasteiger partial charge in [-0.3, -0.25) is 0 Å². The number of ether oxygens (including phenoxy) is 1. The van der Waals surface area contributed by atoms with Crippen LogP contribution >= 0.6 is 0 Å². The van der Waals surface area contributed by atoms with Gasteiger partial charge in [0.05, 0.1) is 6.61 Å². The Bertz CT molecular complexity index is 497. The summed E-state index contributed by atoms with van der Waals surface area (Å²) in [5.74, 6) is 0.348. The molecule has 3 heteroatoms. The zero-order chi connectivity index (χ0) is 12.1. The number of hydrogen-bond donors (Lipinski definition) is 1. The average molecular weight is 232 g/mol.